The van der Waals surface area contributed by atoms with E-state index in [4.69, 9.17) is 14.6 Å². The highest BCUT2D eigenvalue weighted by molar-refractivity contribution is 5.30. The lowest BCUT2D eigenvalue weighted by Crippen LogP contribution is -2.60. The monoisotopic (exact) mass is 396 g/mol. The van der Waals surface area contributed by atoms with E-state index in [-0.39, 0.29) is 13.0 Å². The minimum Gasteiger partial charge on any atom is -0.396 e. The highest BCUT2D eigenvalue weighted by atomic mass is 16.7. The van der Waals surface area contributed by atoms with Gasteiger partial charge in [-0.25, -0.2) is 0 Å². The molecule has 0 aromatic carbocycles. The highest BCUT2D eigenvalue weighted by Gasteiger charge is 2.45. The molecule has 0 radical (unpaired) electrons. The van der Waals surface area contributed by atoms with Crippen LogP contribution < -0.4 is 0 Å². The summed E-state index contributed by atoms with van der Waals surface area (Å²) < 4.78 is 10.9. The predicted octanol–water partition coefficient (Wildman–Crippen LogP) is -1.56. The van der Waals surface area contributed by atoms with E-state index < -0.39 is 49.5 Å². The van der Waals surface area contributed by atoms with Crippen molar-refractivity contribution in [2.24, 2.45) is 0 Å². The van der Waals surface area contributed by atoms with Gasteiger partial charge >= 0.3 is 0 Å². The summed E-state index contributed by atoms with van der Waals surface area (Å²) in [5.41, 5.74) is 0. The number of hydrogen-bond acceptors (Lipinski definition) is 8. The third-order valence-electron chi connectivity index (χ3n) is 3.92. The molecular weight excluding hydrogens is 368 g/mol. The smallest absolute Gasteiger partial charge is 0.187 e. The Morgan fingerprint density at radius 3 is 2.50 bits per heavy atom. The van der Waals surface area contributed by atoms with Crippen molar-refractivity contribution in [3.8, 4) is 23.7 Å². The number of hydrogen-bond donors (Lipinski definition) is 6. The Bertz CT molecular complexity index is 622. The van der Waals surface area contributed by atoms with E-state index in [0.29, 0.717) is 6.42 Å². The van der Waals surface area contributed by atoms with Crippen LogP contribution in [-0.2, 0) is 9.47 Å². The zero-order valence-corrected chi connectivity index (χ0v) is 15.7. The average Bonchev–Trinajstić information content (AvgIpc) is 2.69. The predicted molar refractivity (Wildman–Crippen MR) is 100 cm³/mol. The quantitative estimate of drug-likeness (QED) is 0.214. The molecule has 1 fully saturated rings. The summed E-state index contributed by atoms with van der Waals surface area (Å²) in [6.07, 6.45) is -2.49. The summed E-state index contributed by atoms with van der Waals surface area (Å²) >= 11 is 0. The molecule has 7 atom stereocenters. The van der Waals surface area contributed by atoms with Gasteiger partial charge in [0.05, 0.1) is 12.7 Å². The van der Waals surface area contributed by atoms with E-state index in [0.717, 1.165) is 0 Å². The Labute approximate surface area is 164 Å². The molecule has 0 amide bonds. The molecule has 8 heteroatoms. The van der Waals surface area contributed by atoms with Crippen LogP contribution >= 0.6 is 0 Å². The third kappa shape index (κ3) is 7.72. The third-order valence-corrected chi connectivity index (χ3v) is 3.92. The van der Waals surface area contributed by atoms with Gasteiger partial charge in [-0.15, -0.1) is 0 Å². The minimum atomic E-state index is -1.59. The normalized spacial score (nSPS) is 29.8. The second kappa shape index (κ2) is 13.5. The molecule has 0 saturated carbocycles. The molecule has 0 bridgehead atoms. The Balaban J connectivity index is 2.84. The van der Waals surface area contributed by atoms with Crippen molar-refractivity contribution >= 4 is 0 Å². The van der Waals surface area contributed by atoms with Crippen LogP contribution in [0.1, 0.15) is 19.8 Å². The SMILES string of the molecule is C/C=C/C#CC#CC[C@@H](O)[C@@H](/C=C/CCO)O[C@@H]1O[C@H](CO)[C@@H](O)[C@H](O)[C@H]1O. The van der Waals surface area contributed by atoms with Gasteiger partial charge in [-0.05, 0) is 31.3 Å². The summed E-state index contributed by atoms with van der Waals surface area (Å²) in [6, 6.07) is 0. The first-order chi connectivity index (χ1) is 13.5. The molecule has 1 heterocycles. The van der Waals surface area contributed by atoms with Gasteiger partial charge in [-0.1, -0.05) is 30.1 Å². The Morgan fingerprint density at radius 2 is 1.86 bits per heavy atom. The van der Waals surface area contributed by atoms with Crippen LogP contribution in [-0.4, -0.2) is 86.8 Å². The number of aliphatic hydroxyl groups is 6. The van der Waals surface area contributed by atoms with Gasteiger partial charge in [0.25, 0.3) is 0 Å². The van der Waals surface area contributed by atoms with E-state index in [1.807, 2.05) is 6.92 Å². The van der Waals surface area contributed by atoms with Gasteiger partial charge in [0.1, 0.15) is 30.5 Å². The van der Waals surface area contributed by atoms with E-state index in [1.165, 1.54) is 6.08 Å². The molecule has 1 aliphatic heterocycles. The first kappa shape index (κ1) is 24.3. The summed E-state index contributed by atoms with van der Waals surface area (Å²) in [5, 5.41) is 58.3. The van der Waals surface area contributed by atoms with Crippen LogP contribution in [0.25, 0.3) is 0 Å². The summed E-state index contributed by atoms with van der Waals surface area (Å²) in [4.78, 5) is 0. The molecule has 28 heavy (non-hydrogen) atoms. The summed E-state index contributed by atoms with van der Waals surface area (Å²) in [5.74, 6) is 10.6. The molecule has 8 nitrogen and oxygen atoms in total. The molecule has 0 spiro atoms. The van der Waals surface area contributed by atoms with Gasteiger partial charge in [0.2, 0.25) is 0 Å². The fourth-order valence-corrected chi connectivity index (χ4v) is 2.38. The van der Waals surface area contributed by atoms with Crippen LogP contribution in [0, 0.1) is 23.7 Å². The van der Waals surface area contributed by atoms with Crippen LogP contribution in [0.4, 0.5) is 0 Å². The lowest BCUT2D eigenvalue weighted by molar-refractivity contribution is -0.312. The van der Waals surface area contributed by atoms with Crippen molar-refractivity contribution in [1.82, 2.24) is 0 Å². The van der Waals surface area contributed by atoms with Crippen molar-refractivity contribution < 1.29 is 40.1 Å². The fourth-order valence-electron chi connectivity index (χ4n) is 2.38. The second-order valence-electron chi connectivity index (χ2n) is 6.08. The second-order valence-corrected chi connectivity index (χ2v) is 6.08. The van der Waals surface area contributed by atoms with E-state index in [2.05, 4.69) is 23.7 Å². The number of rotatable bonds is 8. The van der Waals surface area contributed by atoms with Crippen LogP contribution in [0.2, 0.25) is 0 Å². The van der Waals surface area contributed by atoms with Crippen LogP contribution in [0.3, 0.4) is 0 Å². The number of aliphatic hydroxyl groups excluding tert-OH is 6. The molecule has 0 aliphatic carbocycles. The van der Waals surface area contributed by atoms with Crippen molar-refractivity contribution in [2.75, 3.05) is 13.2 Å². The van der Waals surface area contributed by atoms with E-state index >= 15 is 0 Å². The van der Waals surface area contributed by atoms with Crippen molar-refractivity contribution in [1.29, 1.82) is 0 Å². The van der Waals surface area contributed by atoms with E-state index in [1.54, 1.807) is 18.2 Å². The van der Waals surface area contributed by atoms with E-state index in [9.17, 15) is 25.5 Å². The zero-order valence-electron chi connectivity index (χ0n) is 15.7. The highest BCUT2D eigenvalue weighted by Crippen LogP contribution is 2.24. The zero-order chi connectivity index (χ0) is 20.9. The summed E-state index contributed by atoms with van der Waals surface area (Å²) in [7, 11) is 0. The maximum atomic E-state index is 10.4. The Morgan fingerprint density at radius 1 is 1.11 bits per heavy atom. The van der Waals surface area contributed by atoms with Crippen molar-refractivity contribution in [3.63, 3.8) is 0 Å². The first-order valence-corrected chi connectivity index (χ1v) is 8.97. The molecule has 0 aromatic heterocycles. The minimum absolute atomic E-state index is 0.00999. The molecule has 1 aliphatic rings. The molecule has 6 N–H and O–H groups in total. The molecule has 1 rings (SSSR count). The van der Waals surface area contributed by atoms with Crippen molar-refractivity contribution in [2.45, 2.75) is 62.7 Å². The molecule has 0 unspecified atom stereocenters. The van der Waals surface area contributed by atoms with Gasteiger partial charge in [-0.3, -0.25) is 0 Å². The molecule has 1 saturated heterocycles. The summed E-state index contributed by atoms with van der Waals surface area (Å²) in [6.45, 7) is 1.14. The fraction of sp³-hybridized carbons (Fsp3) is 0.600. The maximum absolute atomic E-state index is 10.4. The topological polar surface area (TPSA) is 140 Å². The lowest BCUT2D eigenvalue weighted by Gasteiger charge is -2.41. The van der Waals surface area contributed by atoms with Crippen LogP contribution in [0.5, 0.6) is 0 Å². The molecule has 0 aromatic rings. The first-order valence-electron chi connectivity index (χ1n) is 8.97. The molecule has 156 valence electrons. The number of ether oxygens (including phenoxy) is 2. The lowest BCUT2D eigenvalue weighted by atomic mass is 9.99. The van der Waals surface area contributed by atoms with Gasteiger partial charge in [0, 0.05) is 13.0 Å². The van der Waals surface area contributed by atoms with Crippen molar-refractivity contribution in [3.05, 3.63) is 24.3 Å². The standard InChI is InChI=1S/C20H28O8/c1-2-3-4-5-6-7-10-14(23)15(11-8-9-12-21)27-20-19(26)18(25)17(24)16(13-22)28-20/h2-3,8,11,14-26H,9-10,12-13H2,1H3/b3-2+,11-8+/t14-,15-,16-,17-,18+,19-,20-/m1/s1. The van der Waals surface area contributed by atoms with Gasteiger partial charge in [0.15, 0.2) is 6.29 Å². The Kier molecular flexibility index (Phi) is 11.7. The Hall–Kier alpha value is -1.72. The average molecular weight is 396 g/mol. The largest absolute Gasteiger partial charge is 0.396 e. The number of allylic oxidation sites excluding steroid dienone is 2. The maximum Gasteiger partial charge on any atom is 0.187 e. The van der Waals surface area contributed by atoms with Gasteiger partial charge in [-0.2, -0.15) is 0 Å². The van der Waals surface area contributed by atoms with Gasteiger partial charge < -0.3 is 40.1 Å². The van der Waals surface area contributed by atoms with Crippen LogP contribution in [0.15, 0.2) is 24.3 Å². The molecular formula is C20H28O8.